The minimum absolute atomic E-state index is 0.265. The molecule has 1 aromatic heterocycles. The number of hydrogen-bond donors (Lipinski definition) is 2. The van der Waals surface area contributed by atoms with Crippen molar-refractivity contribution in [3.8, 4) is 17.1 Å². The summed E-state index contributed by atoms with van der Waals surface area (Å²) >= 11 is 0. The Morgan fingerprint density at radius 3 is 2.56 bits per heavy atom. The molecule has 3 heterocycles. The van der Waals surface area contributed by atoms with Crippen molar-refractivity contribution < 1.29 is 13.2 Å². The van der Waals surface area contributed by atoms with Gasteiger partial charge in [-0.3, -0.25) is 0 Å². The predicted octanol–water partition coefficient (Wildman–Crippen LogP) is 3.01. The Hall–Kier alpha value is -3.08. The number of benzene rings is 2. The van der Waals surface area contributed by atoms with Crippen LogP contribution in [0.5, 0.6) is 5.75 Å². The molecular formula is C26H32N6O3S. The standard InChI is InChI=1S/C26H32N6O3S/c1-36(33,34)28-15-5-2-6-18-32-30-25(29-31-32)21-11-9-20(10-12-21)23-19-26(13-16-27-17-14-26)35-24-8-4-3-7-22(23)24/h3-4,7-12,19,27-28H,2,5-6,13-18H2,1H3. The van der Waals surface area contributed by atoms with E-state index >= 15 is 0 Å². The lowest BCUT2D eigenvalue weighted by molar-refractivity contribution is 0.0817. The van der Waals surface area contributed by atoms with Gasteiger partial charge in [0, 0.05) is 30.5 Å². The fourth-order valence-electron chi connectivity index (χ4n) is 4.77. The summed E-state index contributed by atoms with van der Waals surface area (Å²) in [6, 6.07) is 16.6. The summed E-state index contributed by atoms with van der Waals surface area (Å²) in [6.07, 6.45) is 7.89. The van der Waals surface area contributed by atoms with Crippen molar-refractivity contribution in [2.24, 2.45) is 0 Å². The van der Waals surface area contributed by atoms with Gasteiger partial charge in [0.2, 0.25) is 15.8 Å². The van der Waals surface area contributed by atoms with E-state index in [1.807, 2.05) is 18.2 Å². The SMILES string of the molecule is CS(=O)(=O)NCCCCCn1nnc(-c2ccc(C3=CC4(CCNCC4)Oc4ccccc43)cc2)n1. The Morgan fingerprint density at radius 2 is 1.78 bits per heavy atom. The summed E-state index contributed by atoms with van der Waals surface area (Å²) in [6.45, 7) is 2.99. The summed E-state index contributed by atoms with van der Waals surface area (Å²) in [5, 5.41) is 16.4. The maximum Gasteiger partial charge on any atom is 0.208 e. The smallest absolute Gasteiger partial charge is 0.208 e. The number of aryl methyl sites for hydroxylation is 1. The van der Waals surface area contributed by atoms with Crippen LogP contribution in [0.2, 0.25) is 0 Å². The first-order valence-electron chi connectivity index (χ1n) is 12.5. The van der Waals surface area contributed by atoms with E-state index in [2.05, 4.69) is 61.9 Å². The van der Waals surface area contributed by atoms with Gasteiger partial charge in [-0.05, 0) is 54.4 Å². The lowest BCUT2D eigenvalue weighted by Gasteiger charge is -2.40. The molecule has 190 valence electrons. The van der Waals surface area contributed by atoms with Gasteiger partial charge in [0.1, 0.15) is 11.4 Å². The van der Waals surface area contributed by atoms with Gasteiger partial charge in [0.05, 0.1) is 12.8 Å². The van der Waals surface area contributed by atoms with Gasteiger partial charge in [0.15, 0.2) is 0 Å². The van der Waals surface area contributed by atoms with E-state index in [0.717, 1.165) is 67.6 Å². The number of ether oxygens (including phenoxy) is 1. The van der Waals surface area contributed by atoms with Crippen molar-refractivity contribution in [2.45, 2.75) is 44.2 Å². The van der Waals surface area contributed by atoms with Crippen molar-refractivity contribution in [2.75, 3.05) is 25.9 Å². The van der Waals surface area contributed by atoms with E-state index in [-0.39, 0.29) is 5.60 Å². The molecule has 2 N–H and O–H groups in total. The second kappa shape index (κ2) is 10.5. The molecule has 9 nitrogen and oxygen atoms in total. The summed E-state index contributed by atoms with van der Waals surface area (Å²) in [7, 11) is -3.13. The summed E-state index contributed by atoms with van der Waals surface area (Å²) < 4.78 is 31.2. The highest BCUT2D eigenvalue weighted by molar-refractivity contribution is 7.88. The third-order valence-corrected chi connectivity index (χ3v) is 7.38. The largest absolute Gasteiger partial charge is 0.482 e. The number of unbranched alkanes of at least 4 members (excludes halogenated alkanes) is 2. The number of nitrogens with one attached hydrogen (secondary N) is 2. The van der Waals surface area contributed by atoms with Crippen molar-refractivity contribution in [3.05, 3.63) is 65.7 Å². The first kappa shape index (κ1) is 24.6. The molecule has 0 unspecified atom stereocenters. The first-order chi connectivity index (χ1) is 17.4. The fraction of sp³-hybridized carbons (Fsp3) is 0.423. The van der Waals surface area contributed by atoms with Gasteiger partial charge >= 0.3 is 0 Å². The van der Waals surface area contributed by atoms with Crippen LogP contribution in [0.15, 0.2) is 54.6 Å². The second-order valence-electron chi connectivity index (χ2n) is 9.48. The van der Waals surface area contributed by atoms with E-state index in [4.69, 9.17) is 4.74 Å². The molecule has 1 spiro atoms. The van der Waals surface area contributed by atoms with Crippen LogP contribution < -0.4 is 14.8 Å². The fourth-order valence-corrected chi connectivity index (χ4v) is 5.28. The first-order valence-corrected chi connectivity index (χ1v) is 14.4. The second-order valence-corrected chi connectivity index (χ2v) is 11.3. The minimum Gasteiger partial charge on any atom is -0.482 e. The normalized spacial score (nSPS) is 16.9. The van der Waals surface area contributed by atoms with E-state index in [1.165, 1.54) is 11.8 Å². The van der Waals surface area contributed by atoms with Crippen LogP contribution in [0.3, 0.4) is 0 Å². The van der Waals surface area contributed by atoms with Gasteiger partial charge in [0.25, 0.3) is 0 Å². The molecule has 2 aromatic carbocycles. The molecular weight excluding hydrogens is 476 g/mol. The van der Waals surface area contributed by atoms with Crippen molar-refractivity contribution >= 4 is 15.6 Å². The summed E-state index contributed by atoms with van der Waals surface area (Å²) in [5.74, 6) is 1.54. The average Bonchev–Trinajstić information content (AvgIpc) is 3.34. The molecule has 0 saturated carbocycles. The number of nitrogens with zero attached hydrogens (tertiary/aromatic N) is 4. The third kappa shape index (κ3) is 5.83. The molecule has 2 aliphatic rings. The average molecular weight is 509 g/mol. The Bertz CT molecular complexity index is 1330. The molecule has 5 rings (SSSR count). The molecule has 1 fully saturated rings. The molecule has 1 saturated heterocycles. The molecule has 0 bridgehead atoms. The third-order valence-electron chi connectivity index (χ3n) is 6.65. The molecule has 2 aliphatic heterocycles. The van der Waals surface area contributed by atoms with Crippen LogP contribution >= 0.6 is 0 Å². The van der Waals surface area contributed by atoms with Crippen molar-refractivity contribution in [3.63, 3.8) is 0 Å². The van der Waals surface area contributed by atoms with E-state index in [0.29, 0.717) is 18.9 Å². The Kier molecular flexibility index (Phi) is 7.17. The Labute approximate surface area is 212 Å². The molecule has 0 amide bonds. The zero-order chi connectivity index (χ0) is 25.0. The Morgan fingerprint density at radius 1 is 1.03 bits per heavy atom. The molecule has 36 heavy (non-hydrogen) atoms. The van der Waals surface area contributed by atoms with Gasteiger partial charge in [-0.1, -0.05) is 48.9 Å². The van der Waals surface area contributed by atoms with Gasteiger partial charge < -0.3 is 10.1 Å². The maximum absolute atomic E-state index is 11.1. The van der Waals surface area contributed by atoms with Gasteiger partial charge in [-0.15, -0.1) is 10.2 Å². The zero-order valence-corrected chi connectivity index (χ0v) is 21.3. The van der Waals surface area contributed by atoms with Gasteiger partial charge in [-0.2, -0.15) is 4.80 Å². The molecule has 0 radical (unpaired) electrons. The molecule has 10 heteroatoms. The number of hydrogen-bond acceptors (Lipinski definition) is 7. The predicted molar refractivity (Wildman–Crippen MR) is 139 cm³/mol. The number of para-hydroxylation sites is 1. The van der Waals surface area contributed by atoms with Crippen molar-refractivity contribution in [1.82, 2.24) is 30.2 Å². The van der Waals surface area contributed by atoms with Crippen LogP contribution in [-0.2, 0) is 16.6 Å². The summed E-state index contributed by atoms with van der Waals surface area (Å²) in [5.41, 5.74) is 4.11. The lowest BCUT2D eigenvalue weighted by Crippen LogP contribution is -2.46. The number of tetrazole rings is 1. The number of piperidine rings is 1. The van der Waals surface area contributed by atoms with Crippen LogP contribution in [0.25, 0.3) is 17.0 Å². The van der Waals surface area contributed by atoms with Crippen LogP contribution in [-0.4, -0.2) is 60.1 Å². The maximum atomic E-state index is 11.1. The van der Waals surface area contributed by atoms with Crippen LogP contribution in [0.1, 0.15) is 43.2 Å². The zero-order valence-electron chi connectivity index (χ0n) is 20.5. The number of rotatable bonds is 9. The molecule has 0 atom stereocenters. The van der Waals surface area contributed by atoms with Crippen LogP contribution in [0.4, 0.5) is 0 Å². The highest BCUT2D eigenvalue weighted by Crippen LogP contribution is 2.42. The van der Waals surface area contributed by atoms with E-state index in [9.17, 15) is 8.42 Å². The quantitative estimate of drug-likeness (QED) is 0.428. The molecule has 3 aromatic rings. The number of aromatic nitrogens is 4. The van der Waals surface area contributed by atoms with Gasteiger partial charge in [-0.25, -0.2) is 13.1 Å². The van der Waals surface area contributed by atoms with E-state index in [1.54, 1.807) is 4.80 Å². The topological polar surface area (TPSA) is 111 Å². The summed E-state index contributed by atoms with van der Waals surface area (Å²) in [4.78, 5) is 1.60. The minimum atomic E-state index is -3.13. The number of fused-ring (bicyclic) bond motifs is 1. The van der Waals surface area contributed by atoms with Crippen LogP contribution in [0, 0.1) is 0 Å². The molecule has 0 aliphatic carbocycles. The van der Waals surface area contributed by atoms with E-state index < -0.39 is 10.0 Å². The monoisotopic (exact) mass is 508 g/mol. The van der Waals surface area contributed by atoms with Crippen molar-refractivity contribution in [1.29, 1.82) is 0 Å². The number of sulfonamides is 1. The highest BCUT2D eigenvalue weighted by atomic mass is 32.2. The highest BCUT2D eigenvalue weighted by Gasteiger charge is 2.36. The lowest BCUT2D eigenvalue weighted by atomic mass is 9.83. The Balaban J connectivity index is 1.26.